The number of nitrogens with one attached hydrogen (secondary N) is 1. The Hall–Kier alpha value is -1.06. The second-order valence-electron chi connectivity index (χ2n) is 4.18. The summed E-state index contributed by atoms with van der Waals surface area (Å²) in [6.45, 7) is 4.26. The van der Waals surface area contributed by atoms with E-state index in [0.29, 0.717) is 6.04 Å². The minimum absolute atomic E-state index is 0.212. The van der Waals surface area contributed by atoms with Gasteiger partial charge in [-0.2, -0.15) is 0 Å². The molecule has 3 heteroatoms. The highest BCUT2D eigenvalue weighted by atomic mass is 79.9. The van der Waals surface area contributed by atoms with Crippen LogP contribution in [0.25, 0.3) is 0 Å². The van der Waals surface area contributed by atoms with Crippen molar-refractivity contribution < 1.29 is 4.42 Å². The quantitative estimate of drug-likeness (QED) is 0.901. The third-order valence-electron chi connectivity index (χ3n) is 2.84. The first-order chi connectivity index (χ1) is 8.16. The van der Waals surface area contributed by atoms with Crippen molar-refractivity contribution in [3.05, 3.63) is 58.5 Å². The Morgan fingerprint density at radius 3 is 2.35 bits per heavy atom. The largest absolute Gasteiger partial charge is 0.468 e. The lowest BCUT2D eigenvalue weighted by Crippen LogP contribution is -2.22. The minimum Gasteiger partial charge on any atom is -0.468 e. The molecule has 2 rings (SSSR count). The molecule has 17 heavy (non-hydrogen) atoms. The van der Waals surface area contributed by atoms with E-state index in [-0.39, 0.29) is 6.04 Å². The summed E-state index contributed by atoms with van der Waals surface area (Å²) >= 11 is 3.44. The second kappa shape index (κ2) is 5.52. The molecule has 1 N–H and O–H groups in total. The number of furan rings is 1. The number of rotatable bonds is 4. The van der Waals surface area contributed by atoms with Gasteiger partial charge in [-0.25, -0.2) is 0 Å². The molecule has 1 aromatic carbocycles. The van der Waals surface area contributed by atoms with Gasteiger partial charge in [-0.15, -0.1) is 0 Å². The maximum absolute atomic E-state index is 5.38. The van der Waals surface area contributed by atoms with E-state index < -0.39 is 0 Å². The smallest absolute Gasteiger partial charge is 0.120 e. The van der Waals surface area contributed by atoms with E-state index in [1.54, 1.807) is 6.26 Å². The molecule has 1 unspecified atom stereocenters. The molecule has 0 aliphatic heterocycles. The Balaban J connectivity index is 2.01. The summed E-state index contributed by atoms with van der Waals surface area (Å²) in [4.78, 5) is 0. The number of halogens is 1. The molecule has 2 atom stereocenters. The van der Waals surface area contributed by atoms with Crippen LogP contribution >= 0.6 is 15.9 Å². The first kappa shape index (κ1) is 12.4. The van der Waals surface area contributed by atoms with Gasteiger partial charge in [-0.3, -0.25) is 0 Å². The number of hydrogen-bond donors (Lipinski definition) is 1. The molecule has 0 saturated heterocycles. The highest BCUT2D eigenvalue weighted by Crippen LogP contribution is 2.21. The maximum atomic E-state index is 5.38. The van der Waals surface area contributed by atoms with E-state index in [1.807, 2.05) is 12.1 Å². The molecule has 0 radical (unpaired) electrons. The Labute approximate surface area is 110 Å². The lowest BCUT2D eigenvalue weighted by Gasteiger charge is -2.18. The van der Waals surface area contributed by atoms with Gasteiger partial charge in [0.2, 0.25) is 0 Å². The summed E-state index contributed by atoms with van der Waals surface area (Å²) in [5.41, 5.74) is 1.27. The van der Waals surface area contributed by atoms with Crippen LogP contribution in [0.5, 0.6) is 0 Å². The van der Waals surface area contributed by atoms with E-state index in [2.05, 4.69) is 59.4 Å². The van der Waals surface area contributed by atoms with Crippen molar-refractivity contribution in [2.75, 3.05) is 0 Å². The lowest BCUT2D eigenvalue weighted by molar-refractivity contribution is 0.403. The average Bonchev–Trinajstić information content (AvgIpc) is 2.83. The minimum atomic E-state index is 0.212. The molecular weight excluding hydrogens is 278 g/mol. The Morgan fingerprint density at radius 2 is 1.76 bits per heavy atom. The molecule has 0 spiro atoms. The summed E-state index contributed by atoms with van der Waals surface area (Å²) in [7, 11) is 0. The van der Waals surface area contributed by atoms with Gasteiger partial charge < -0.3 is 9.73 Å². The van der Waals surface area contributed by atoms with Crippen molar-refractivity contribution in [1.29, 1.82) is 0 Å². The summed E-state index contributed by atoms with van der Waals surface area (Å²) in [5, 5.41) is 3.51. The Kier molecular flexibility index (Phi) is 4.02. The third kappa shape index (κ3) is 3.20. The molecule has 0 saturated carbocycles. The second-order valence-corrected chi connectivity index (χ2v) is 5.09. The Morgan fingerprint density at radius 1 is 1.06 bits per heavy atom. The van der Waals surface area contributed by atoms with Crippen molar-refractivity contribution in [3.63, 3.8) is 0 Å². The molecule has 0 amide bonds. The third-order valence-corrected chi connectivity index (χ3v) is 3.37. The molecule has 1 heterocycles. The maximum Gasteiger partial charge on any atom is 0.120 e. The van der Waals surface area contributed by atoms with Crippen molar-refractivity contribution in [2.24, 2.45) is 0 Å². The summed E-state index contributed by atoms with van der Waals surface area (Å²) in [6.07, 6.45) is 1.71. The van der Waals surface area contributed by atoms with Crippen LogP contribution in [-0.2, 0) is 0 Å². The van der Waals surface area contributed by atoms with Gasteiger partial charge in [0.25, 0.3) is 0 Å². The van der Waals surface area contributed by atoms with Crippen LogP contribution in [0, 0.1) is 0 Å². The van der Waals surface area contributed by atoms with E-state index in [9.17, 15) is 0 Å². The van der Waals surface area contributed by atoms with Gasteiger partial charge in [0.05, 0.1) is 12.3 Å². The molecule has 0 aliphatic rings. The highest BCUT2D eigenvalue weighted by Gasteiger charge is 2.12. The van der Waals surface area contributed by atoms with Crippen molar-refractivity contribution >= 4 is 15.9 Å². The van der Waals surface area contributed by atoms with Crippen LogP contribution in [0.2, 0.25) is 0 Å². The van der Waals surface area contributed by atoms with E-state index in [4.69, 9.17) is 4.42 Å². The molecule has 0 bridgehead atoms. The molecule has 90 valence electrons. The van der Waals surface area contributed by atoms with Crippen LogP contribution < -0.4 is 5.32 Å². The van der Waals surface area contributed by atoms with Gasteiger partial charge >= 0.3 is 0 Å². The van der Waals surface area contributed by atoms with Crippen molar-refractivity contribution in [1.82, 2.24) is 5.32 Å². The molecule has 2 aromatic rings. The summed E-state index contributed by atoms with van der Waals surface area (Å²) < 4.78 is 6.49. The average molecular weight is 294 g/mol. The van der Waals surface area contributed by atoms with E-state index >= 15 is 0 Å². The number of benzene rings is 1. The van der Waals surface area contributed by atoms with Gasteiger partial charge in [-0.05, 0) is 43.7 Å². The monoisotopic (exact) mass is 293 g/mol. The van der Waals surface area contributed by atoms with Crippen LogP contribution in [0.15, 0.2) is 51.6 Å². The van der Waals surface area contributed by atoms with Gasteiger partial charge in [-0.1, -0.05) is 28.1 Å². The zero-order chi connectivity index (χ0) is 12.3. The van der Waals surface area contributed by atoms with Crippen LogP contribution in [0.4, 0.5) is 0 Å². The first-order valence-electron chi connectivity index (χ1n) is 5.71. The fourth-order valence-corrected chi connectivity index (χ4v) is 2.11. The topological polar surface area (TPSA) is 25.2 Å². The highest BCUT2D eigenvalue weighted by molar-refractivity contribution is 9.10. The van der Waals surface area contributed by atoms with Gasteiger partial charge in [0.1, 0.15) is 5.76 Å². The fraction of sp³-hybridized carbons (Fsp3) is 0.286. The lowest BCUT2D eigenvalue weighted by atomic mass is 10.1. The Bertz CT molecular complexity index is 450. The fourth-order valence-electron chi connectivity index (χ4n) is 1.84. The van der Waals surface area contributed by atoms with Crippen molar-refractivity contribution in [2.45, 2.75) is 25.9 Å². The zero-order valence-electron chi connectivity index (χ0n) is 9.98. The van der Waals surface area contributed by atoms with Crippen LogP contribution in [0.3, 0.4) is 0 Å². The molecule has 0 aliphatic carbocycles. The molecular formula is C14H16BrNO. The normalized spacial score (nSPS) is 14.5. The first-order valence-corrected chi connectivity index (χ1v) is 6.51. The zero-order valence-corrected chi connectivity index (χ0v) is 11.6. The standard InChI is InChI=1S/C14H16BrNO/c1-10(12-5-7-13(15)8-6-12)16-11(2)14-4-3-9-17-14/h3-11,16H,1-2H3/t10-,11?/m0/s1. The predicted octanol–water partition coefficient (Wildman–Crippen LogP) is 4.45. The SMILES string of the molecule is CC(N[C@@H](C)c1ccc(Br)cc1)c1ccco1. The number of hydrogen-bond acceptors (Lipinski definition) is 2. The molecule has 2 nitrogen and oxygen atoms in total. The van der Waals surface area contributed by atoms with E-state index in [0.717, 1.165) is 10.2 Å². The summed E-state index contributed by atoms with van der Waals surface area (Å²) in [6, 6.07) is 12.8. The van der Waals surface area contributed by atoms with Crippen molar-refractivity contribution in [3.8, 4) is 0 Å². The molecule has 1 aromatic heterocycles. The summed E-state index contributed by atoms with van der Waals surface area (Å²) in [5.74, 6) is 0.967. The van der Waals surface area contributed by atoms with Gasteiger partial charge in [0.15, 0.2) is 0 Å². The van der Waals surface area contributed by atoms with Gasteiger partial charge in [0, 0.05) is 10.5 Å². The van der Waals surface area contributed by atoms with E-state index in [1.165, 1.54) is 5.56 Å². The van der Waals surface area contributed by atoms with Crippen LogP contribution in [0.1, 0.15) is 37.3 Å². The predicted molar refractivity (Wildman–Crippen MR) is 72.8 cm³/mol. The van der Waals surface area contributed by atoms with Crippen LogP contribution in [-0.4, -0.2) is 0 Å². The molecule has 0 fully saturated rings.